The van der Waals surface area contributed by atoms with E-state index >= 15 is 0 Å². The van der Waals surface area contributed by atoms with Gasteiger partial charge in [-0.3, -0.25) is 10.1 Å². The maximum absolute atomic E-state index is 12.0. The van der Waals surface area contributed by atoms with Crippen molar-refractivity contribution < 1.29 is 4.79 Å². The number of amides is 1. The molecule has 0 radical (unpaired) electrons. The van der Waals surface area contributed by atoms with Crippen LogP contribution in [0.5, 0.6) is 0 Å². The van der Waals surface area contributed by atoms with Gasteiger partial charge in [-0.15, -0.1) is 10.2 Å². The molecule has 0 spiro atoms. The minimum Gasteiger partial charge on any atom is -0.360 e. The topological polar surface area (TPSA) is 92.7 Å². The molecule has 0 fully saturated rings. The van der Waals surface area contributed by atoms with E-state index in [1.807, 2.05) is 6.92 Å². The highest BCUT2D eigenvalue weighted by Crippen LogP contribution is 2.29. The molecular weight excluding hydrogens is 308 g/mol. The second kappa shape index (κ2) is 7.89. The van der Waals surface area contributed by atoms with Gasteiger partial charge in [-0.25, -0.2) is 9.97 Å². The maximum Gasteiger partial charge on any atom is 0.240 e. The smallest absolute Gasteiger partial charge is 0.240 e. The van der Waals surface area contributed by atoms with Crippen LogP contribution in [0.1, 0.15) is 20.3 Å². The van der Waals surface area contributed by atoms with Crippen molar-refractivity contribution in [2.24, 2.45) is 0 Å². The molecular formula is C12H16N6OS2. The van der Waals surface area contributed by atoms with Crippen LogP contribution >= 0.6 is 23.1 Å². The number of nitrogens with one attached hydrogen (secondary N) is 2. The molecule has 2 N–H and O–H groups in total. The van der Waals surface area contributed by atoms with Gasteiger partial charge in [0.1, 0.15) is 0 Å². The van der Waals surface area contributed by atoms with Crippen molar-refractivity contribution in [1.29, 1.82) is 0 Å². The first-order valence-corrected chi connectivity index (χ1v) is 8.20. The van der Waals surface area contributed by atoms with Gasteiger partial charge in [-0.1, -0.05) is 30.0 Å². The van der Waals surface area contributed by atoms with E-state index in [0.717, 1.165) is 22.4 Å². The average molecular weight is 324 g/mol. The van der Waals surface area contributed by atoms with E-state index in [2.05, 4.69) is 37.7 Å². The summed E-state index contributed by atoms with van der Waals surface area (Å²) in [6.45, 7) is 4.76. The van der Waals surface area contributed by atoms with Gasteiger partial charge in [0.05, 0.1) is 5.25 Å². The summed E-state index contributed by atoms with van der Waals surface area (Å²) < 4.78 is 0.755. The lowest BCUT2D eigenvalue weighted by Crippen LogP contribution is -2.23. The summed E-state index contributed by atoms with van der Waals surface area (Å²) in [6.07, 6.45) is 4.19. The van der Waals surface area contributed by atoms with Crippen LogP contribution in [0.25, 0.3) is 0 Å². The molecule has 2 aromatic rings. The summed E-state index contributed by atoms with van der Waals surface area (Å²) in [5.41, 5.74) is 0. The number of carbonyl (C=O) groups is 1. The Labute approximate surface area is 131 Å². The predicted octanol–water partition coefficient (Wildman–Crippen LogP) is 2.27. The lowest BCUT2D eigenvalue weighted by molar-refractivity contribution is -0.115. The van der Waals surface area contributed by atoms with Crippen LogP contribution in [-0.2, 0) is 4.79 Å². The van der Waals surface area contributed by atoms with Crippen LogP contribution in [0.2, 0.25) is 0 Å². The zero-order valence-corrected chi connectivity index (χ0v) is 13.4. The molecule has 0 aliphatic heterocycles. The molecule has 2 heterocycles. The van der Waals surface area contributed by atoms with Crippen LogP contribution in [-0.4, -0.2) is 37.9 Å². The monoisotopic (exact) mass is 324 g/mol. The summed E-state index contributed by atoms with van der Waals surface area (Å²) in [5.74, 6) is 0.141. The van der Waals surface area contributed by atoms with Crippen LogP contribution < -0.4 is 10.6 Å². The molecule has 1 amide bonds. The molecule has 2 rings (SSSR count). The third-order valence-corrected chi connectivity index (χ3v) is 4.45. The number of aromatic nitrogens is 4. The largest absolute Gasteiger partial charge is 0.360 e. The van der Waals surface area contributed by atoms with Crippen molar-refractivity contribution in [1.82, 2.24) is 20.2 Å². The Morgan fingerprint density at radius 3 is 2.86 bits per heavy atom. The summed E-state index contributed by atoms with van der Waals surface area (Å²) in [7, 11) is 0. The Balaban J connectivity index is 1.87. The molecule has 1 unspecified atom stereocenters. The van der Waals surface area contributed by atoms with Crippen LogP contribution in [0, 0.1) is 0 Å². The van der Waals surface area contributed by atoms with E-state index in [-0.39, 0.29) is 11.2 Å². The molecule has 0 aliphatic carbocycles. The van der Waals surface area contributed by atoms with E-state index in [0.29, 0.717) is 5.95 Å². The Morgan fingerprint density at radius 2 is 2.14 bits per heavy atom. The SMILES string of the molecule is CCCNc1nnc(SC(C)C(=O)Nc2ncccn2)s1. The Hall–Kier alpha value is -1.74. The molecule has 0 saturated carbocycles. The van der Waals surface area contributed by atoms with Crippen molar-refractivity contribution in [3.63, 3.8) is 0 Å². The molecule has 7 nitrogen and oxygen atoms in total. The van der Waals surface area contributed by atoms with E-state index in [1.54, 1.807) is 18.5 Å². The minimum atomic E-state index is -0.305. The molecule has 0 saturated heterocycles. The van der Waals surface area contributed by atoms with E-state index in [4.69, 9.17) is 0 Å². The van der Waals surface area contributed by atoms with Gasteiger partial charge < -0.3 is 5.32 Å². The Bertz CT molecular complexity index is 576. The molecule has 1 atom stereocenters. The first-order chi connectivity index (χ1) is 10.2. The number of rotatable bonds is 7. The fourth-order valence-corrected chi connectivity index (χ4v) is 3.26. The predicted molar refractivity (Wildman–Crippen MR) is 84.7 cm³/mol. The second-order valence-electron chi connectivity index (χ2n) is 4.12. The highest BCUT2D eigenvalue weighted by atomic mass is 32.2. The van der Waals surface area contributed by atoms with Crippen LogP contribution in [0.15, 0.2) is 22.8 Å². The standard InChI is InChI=1S/C12H16N6OS2/c1-3-5-15-11-17-18-12(21-11)20-8(2)9(19)16-10-13-6-4-7-14-10/h4,6-8H,3,5H2,1-2H3,(H,15,17)(H,13,14,16,19). The third kappa shape index (κ3) is 4.94. The van der Waals surface area contributed by atoms with Crippen molar-refractivity contribution >= 4 is 40.1 Å². The highest BCUT2D eigenvalue weighted by molar-refractivity contribution is 8.02. The Kier molecular flexibility index (Phi) is 5.88. The number of carbonyl (C=O) groups excluding carboxylic acids is 1. The molecule has 0 aliphatic rings. The summed E-state index contributed by atoms with van der Waals surface area (Å²) in [6, 6.07) is 1.69. The molecule has 112 valence electrons. The summed E-state index contributed by atoms with van der Waals surface area (Å²) in [4.78, 5) is 19.9. The van der Waals surface area contributed by atoms with E-state index in [9.17, 15) is 4.79 Å². The van der Waals surface area contributed by atoms with E-state index < -0.39 is 0 Å². The fraction of sp³-hybridized carbons (Fsp3) is 0.417. The summed E-state index contributed by atoms with van der Waals surface area (Å²) in [5, 5.41) is 14.4. The number of anilines is 2. The lowest BCUT2D eigenvalue weighted by atomic mass is 10.4. The molecule has 2 aromatic heterocycles. The highest BCUT2D eigenvalue weighted by Gasteiger charge is 2.18. The van der Waals surface area contributed by atoms with Crippen molar-refractivity contribution in [2.75, 3.05) is 17.2 Å². The van der Waals surface area contributed by atoms with Gasteiger partial charge in [-0.2, -0.15) is 0 Å². The minimum absolute atomic E-state index is 0.163. The van der Waals surface area contributed by atoms with Crippen molar-refractivity contribution in [2.45, 2.75) is 29.9 Å². The molecule has 0 bridgehead atoms. The first kappa shape index (κ1) is 15.6. The van der Waals surface area contributed by atoms with E-state index in [1.165, 1.54) is 23.1 Å². The van der Waals surface area contributed by atoms with Crippen LogP contribution in [0.3, 0.4) is 0 Å². The third-order valence-electron chi connectivity index (χ3n) is 2.38. The summed E-state index contributed by atoms with van der Waals surface area (Å²) >= 11 is 2.81. The van der Waals surface area contributed by atoms with Crippen molar-refractivity contribution in [3.8, 4) is 0 Å². The first-order valence-electron chi connectivity index (χ1n) is 6.51. The Morgan fingerprint density at radius 1 is 1.38 bits per heavy atom. The van der Waals surface area contributed by atoms with Gasteiger partial charge in [0.25, 0.3) is 0 Å². The molecule has 0 aromatic carbocycles. The average Bonchev–Trinajstić information content (AvgIpc) is 2.93. The van der Waals surface area contributed by atoms with Crippen LogP contribution in [0.4, 0.5) is 11.1 Å². The quantitative estimate of drug-likeness (QED) is 0.755. The number of nitrogens with zero attached hydrogens (tertiary/aromatic N) is 4. The zero-order chi connectivity index (χ0) is 15.1. The number of hydrogen-bond acceptors (Lipinski definition) is 8. The van der Waals surface area contributed by atoms with Gasteiger partial charge in [-0.05, 0) is 19.4 Å². The second-order valence-corrected chi connectivity index (χ2v) is 6.69. The normalized spacial score (nSPS) is 11.9. The maximum atomic E-state index is 12.0. The van der Waals surface area contributed by atoms with Crippen molar-refractivity contribution in [3.05, 3.63) is 18.5 Å². The molecule has 21 heavy (non-hydrogen) atoms. The van der Waals surface area contributed by atoms with Gasteiger partial charge in [0.2, 0.25) is 17.0 Å². The zero-order valence-electron chi connectivity index (χ0n) is 11.7. The van der Waals surface area contributed by atoms with Gasteiger partial charge in [0.15, 0.2) is 4.34 Å². The van der Waals surface area contributed by atoms with Gasteiger partial charge in [0, 0.05) is 18.9 Å². The number of hydrogen-bond donors (Lipinski definition) is 2. The fourth-order valence-electron chi connectivity index (χ4n) is 1.34. The number of thioether (sulfide) groups is 1. The lowest BCUT2D eigenvalue weighted by Gasteiger charge is -2.08. The van der Waals surface area contributed by atoms with Gasteiger partial charge >= 0.3 is 0 Å². The molecule has 9 heteroatoms.